The third-order valence-corrected chi connectivity index (χ3v) is 4.23. The topological polar surface area (TPSA) is 46.2 Å². The third kappa shape index (κ3) is 2.38. The number of aliphatic hydroxyl groups excluding tert-OH is 1. The van der Waals surface area contributed by atoms with Crippen LogP contribution in [0.2, 0.25) is 0 Å². The minimum Gasteiger partial charge on any atom is -0.392 e. The van der Waals surface area contributed by atoms with Crippen LogP contribution in [-0.4, -0.2) is 17.8 Å². The highest BCUT2D eigenvalue weighted by Gasteiger charge is 2.38. The van der Waals surface area contributed by atoms with Gasteiger partial charge in [-0.2, -0.15) is 0 Å². The standard InChI is InChI=1S/C15H23NO/c1-2-5-14(17)15(11-16)9-8-12-6-3-4-7-13(12)10-15/h3-4,6-7,14,17H,2,5,8-11,16H2,1H3. The highest BCUT2D eigenvalue weighted by atomic mass is 16.3. The number of aliphatic hydroxyl groups is 1. The van der Waals surface area contributed by atoms with Crippen LogP contribution in [0, 0.1) is 5.41 Å². The highest BCUT2D eigenvalue weighted by Crippen LogP contribution is 2.38. The molecule has 2 heteroatoms. The molecule has 0 amide bonds. The van der Waals surface area contributed by atoms with E-state index in [1.54, 1.807) is 0 Å². The molecule has 1 aliphatic carbocycles. The first-order valence-corrected chi connectivity index (χ1v) is 6.67. The summed E-state index contributed by atoms with van der Waals surface area (Å²) < 4.78 is 0. The fourth-order valence-electron chi connectivity index (χ4n) is 3.00. The van der Waals surface area contributed by atoms with Crippen molar-refractivity contribution in [3.63, 3.8) is 0 Å². The van der Waals surface area contributed by atoms with Gasteiger partial charge in [0.1, 0.15) is 0 Å². The summed E-state index contributed by atoms with van der Waals surface area (Å²) in [5.74, 6) is 0. The van der Waals surface area contributed by atoms with E-state index in [4.69, 9.17) is 5.73 Å². The minimum atomic E-state index is -0.258. The van der Waals surface area contributed by atoms with Crippen LogP contribution in [0.5, 0.6) is 0 Å². The highest BCUT2D eigenvalue weighted by molar-refractivity contribution is 5.31. The lowest BCUT2D eigenvalue weighted by Gasteiger charge is -2.41. The van der Waals surface area contributed by atoms with Gasteiger partial charge >= 0.3 is 0 Å². The van der Waals surface area contributed by atoms with Crippen LogP contribution < -0.4 is 5.73 Å². The molecule has 0 spiro atoms. The quantitative estimate of drug-likeness (QED) is 0.838. The average Bonchev–Trinajstić information content (AvgIpc) is 2.38. The summed E-state index contributed by atoms with van der Waals surface area (Å²) in [6, 6.07) is 8.55. The molecule has 2 atom stereocenters. The molecule has 2 nitrogen and oxygen atoms in total. The monoisotopic (exact) mass is 233 g/mol. The van der Waals surface area contributed by atoms with Crippen molar-refractivity contribution in [2.75, 3.05) is 6.54 Å². The van der Waals surface area contributed by atoms with Crippen molar-refractivity contribution >= 4 is 0 Å². The van der Waals surface area contributed by atoms with E-state index in [0.717, 1.165) is 32.1 Å². The molecule has 1 aromatic carbocycles. The number of hydrogen-bond donors (Lipinski definition) is 2. The predicted octanol–water partition coefficient (Wildman–Crippen LogP) is 2.28. The SMILES string of the molecule is CCCC(O)C1(CN)CCc2ccccc2C1. The van der Waals surface area contributed by atoms with Gasteiger partial charge in [0.05, 0.1) is 6.10 Å². The molecule has 0 bridgehead atoms. The lowest BCUT2D eigenvalue weighted by Crippen LogP contribution is -2.46. The van der Waals surface area contributed by atoms with Crippen molar-refractivity contribution in [2.24, 2.45) is 11.1 Å². The summed E-state index contributed by atoms with van der Waals surface area (Å²) in [4.78, 5) is 0. The molecule has 17 heavy (non-hydrogen) atoms. The maximum Gasteiger partial charge on any atom is 0.0611 e. The van der Waals surface area contributed by atoms with Crippen LogP contribution in [0.1, 0.15) is 37.3 Å². The predicted molar refractivity (Wildman–Crippen MR) is 70.9 cm³/mol. The fraction of sp³-hybridized carbons (Fsp3) is 0.600. The van der Waals surface area contributed by atoms with Crippen LogP contribution in [0.3, 0.4) is 0 Å². The Labute approximate surface area is 104 Å². The Kier molecular flexibility index (Phi) is 3.85. The average molecular weight is 233 g/mol. The van der Waals surface area contributed by atoms with Gasteiger partial charge in [-0.1, -0.05) is 37.6 Å². The second-order valence-electron chi connectivity index (χ2n) is 5.32. The van der Waals surface area contributed by atoms with Gasteiger partial charge in [0, 0.05) is 12.0 Å². The molecule has 0 heterocycles. The zero-order chi connectivity index (χ0) is 12.3. The number of fused-ring (bicyclic) bond motifs is 1. The summed E-state index contributed by atoms with van der Waals surface area (Å²) in [5.41, 5.74) is 8.68. The van der Waals surface area contributed by atoms with Crippen molar-refractivity contribution in [1.82, 2.24) is 0 Å². The number of hydrogen-bond acceptors (Lipinski definition) is 2. The van der Waals surface area contributed by atoms with Crippen LogP contribution in [0.15, 0.2) is 24.3 Å². The molecule has 0 radical (unpaired) electrons. The first kappa shape index (κ1) is 12.6. The molecule has 0 saturated heterocycles. The number of benzene rings is 1. The van der Waals surface area contributed by atoms with Gasteiger partial charge in [-0.25, -0.2) is 0 Å². The van der Waals surface area contributed by atoms with Gasteiger partial charge in [0.15, 0.2) is 0 Å². The molecule has 94 valence electrons. The van der Waals surface area contributed by atoms with Crippen LogP contribution >= 0.6 is 0 Å². The Morgan fingerprint density at radius 3 is 2.71 bits per heavy atom. The first-order valence-electron chi connectivity index (χ1n) is 6.67. The molecule has 0 aliphatic heterocycles. The van der Waals surface area contributed by atoms with E-state index < -0.39 is 0 Å². The number of rotatable bonds is 4. The fourth-order valence-corrected chi connectivity index (χ4v) is 3.00. The van der Waals surface area contributed by atoms with Crippen LogP contribution in [0.25, 0.3) is 0 Å². The van der Waals surface area contributed by atoms with Gasteiger partial charge in [-0.3, -0.25) is 0 Å². The van der Waals surface area contributed by atoms with Gasteiger partial charge in [0.25, 0.3) is 0 Å². The Morgan fingerprint density at radius 2 is 2.06 bits per heavy atom. The first-order chi connectivity index (χ1) is 8.22. The molecule has 2 unspecified atom stereocenters. The Hall–Kier alpha value is -0.860. The Balaban J connectivity index is 2.23. The van der Waals surface area contributed by atoms with Gasteiger partial charge in [-0.05, 0) is 36.8 Å². The molecule has 1 aliphatic rings. The Morgan fingerprint density at radius 1 is 1.35 bits per heavy atom. The Bertz CT molecular complexity index is 377. The van der Waals surface area contributed by atoms with Crippen LogP contribution in [0.4, 0.5) is 0 Å². The lowest BCUT2D eigenvalue weighted by atomic mass is 9.67. The number of nitrogens with two attached hydrogens (primary N) is 1. The molecule has 1 aromatic rings. The largest absolute Gasteiger partial charge is 0.392 e. The molecule has 0 fully saturated rings. The van der Waals surface area contributed by atoms with E-state index in [2.05, 4.69) is 31.2 Å². The lowest BCUT2D eigenvalue weighted by molar-refractivity contribution is 0.0129. The van der Waals surface area contributed by atoms with Gasteiger partial charge in [0.2, 0.25) is 0 Å². The van der Waals surface area contributed by atoms with E-state index in [0.29, 0.717) is 6.54 Å². The second kappa shape index (κ2) is 5.19. The van der Waals surface area contributed by atoms with E-state index >= 15 is 0 Å². The van der Waals surface area contributed by atoms with Crippen molar-refractivity contribution in [3.8, 4) is 0 Å². The molecular weight excluding hydrogens is 210 g/mol. The van der Waals surface area contributed by atoms with Crippen molar-refractivity contribution < 1.29 is 5.11 Å². The van der Waals surface area contributed by atoms with E-state index in [9.17, 15) is 5.11 Å². The van der Waals surface area contributed by atoms with Gasteiger partial charge < -0.3 is 10.8 Å². The van der Waals surface area contributed by atoms with E-state index in [-0.39, 0.29) is 11.5 Å². The maximum atomic E-state index is 10.4. The zero-order valence-electron chi connectivity index (χ0n) is 10.7. The zero-order valence-corrected chi connectivity index (χ0v) is 10.7. The van der Waals surface area contributed by atoms with Crippen molar-refractivity contribution in [1.29, 1.82) is 0 Å². The maximum absolute atomic E-state index is 10.4. The third-order valence-electron chi connectivity index (χ3n) is 4.23. The van der Waals surface area contributed by atoms with Crippen molar-refractivity contribution in [2.45, 2.75) is 45.1 Å². The van der Waals surface area contributed by atoms with Crippen LogP contribution in [-0.2, 0) is 12.8 Å². The summed E-state index contributed by atoms with van der Waals surface area (Å²) in [6.07, 6.45) is 4.62. The molecule has 2 rings (SSSR count). The molecule has 0 aromatic heterocycles. The smallest absolute Gasteiger partial charge is 0.0611 e. The number of aryl methyl sites for hydroxylation is 1. The minimum absolute atomic E-state index is 0.0929. The summed E-state index contributed by atoms with van der Waals surface area (Å²) >= 11 is 0. The van der Waals surface area contributed by atoms with Gasteiger partial charge in [-0.15, -0.1) is 0 Å². The molecular formula is C15H23NO. The molecule has 3 N–H and O–H groups in total. The summed E-state index contributed by atoms with van der Waals surface area (Å²) in [7, 11) is 0. The molecule has 0 saturated carbocycles. The van der Waals surface area contributed by atoms with E-state index in [1.165, 1.54) is 11.1 Å². The van der Waals surface area contributed by atoms with Crippen molar-refractivity contribution in [3.05, 3.63) is 35.4 Å². The second-order valence-corrected chi connectivity index (χ2v) is 5.32. The summed E-state index contributed by atoms with van der Waals surface area (Å²) in [6.45, 7) is 2.70. The summed E-state index contributed by atoms with van der Waals surface area (Å²) in [5, 5.41) is 10.4. The normalized spacial score (nSPS) is 25.4. The van der Waals surface area contributed by atoms with E-state index in [1.807, 2.05) is 0 Å².